The van der Waals surface area contributed by atoms with Gasteiger partial charge in [0.1, 0.15) is 0 Å². The highest BCUT2D eigenvalue weighted by Crippen LogP contribution is 2.79. The summed E-state index contributed by atoms with van der Waals surface area (Å²) in [5.41, 5.74) is 2.70. The third kappa shape index (κ3) is 1.30. The van der Waals surface area contributed by atoms with Crippen molar-refractivity contribution >= 4 is 11.6 Å². The van der Waals surface area contributed by atoms with Crippen LogP contribution in [0.2, 0.25) is 0 Å². The van der Waals surface area contributed by atoms with Gasteiger partial charge in [0, 0.05) is 11.3 Å². The Morgan fingerprint density at radius 3 is 2.00 bits per heavy atom. The van der Waals surface area contributed by atoms with Crippen LogP contribution in [0.4, 0.5) is 0 Å². The van der Waals surface area contributed by atoms with E-state index in [1.54, 1.807) is 6.92 Å². The molecule has 1 spiro atoms. The number of fused-ring (bicyclic) bond motifs is 8. The van der Waals surface area contributed by atoms with Crippen molar-refractivity contribution in [2.45, 2.75) is 43.8 Å². The molecule has 6 rings (SSSR count). The molecule has 3 fully saturated rings. The molecule has 1 heterocycles. The first-order valence-corrected chi connectivity index (χ1v) is 9.40. The van der Waals surface area contributed by atoms with Gasteiger partial charge in [-0.2, -0.15) is 0 Å². The van der Waals surface area contributed by atoms with Crippen LogP contribution in [-0.2, 0) is 32.6 Å². The van der Waals surface area contributed by atoms with E-state index in [1.165, 1.54) is 22.3 Å². The zero-order valence-corrected chi connectivity index (χ0v) is 14.9. The number of carbonyl (C=O) groups is 2. The van der Waals surface area contributed by atoms with Gasteiger partial charge < -0.3 is 4.74 Å². The summed E-state index contributed by atoms with van der Waals surface area (Å²) < 4.78 is 5.60. The summed E-state index contributed by atoms with van der Waals surface area (Å²) in [6.07, 6.45) is 1.34. The van der Waals surface area contributed by atoms with E-state index < -0.39 is 22.5 Å². The predicted octanol–water partition coefficient (Wildman–Crippen LogP) is 3.02. The predicted molar refractivity (Wildman–Crippen MR) is 96.0 cm³/mol. The SMILES string of the molecule is C[C@]12OC1C(=O)C1C3(c4ccccc4CCc4ccccc43)[C@]1(C)C2=O. The summed E-state index contributed by atoms with van der Waals surface area (Å²) in [5, 5.41) is 0. The number of benzene rings is 2. The molecule has 0 N–H and O–H groups in total. The Morgan fingerprint density at radius 1 is 0.885 bits per heavy atom. The highest BCUT2D eigenvalue weighted by atomic mass is 16.6. The highest BCUT2D eigenvalue weighted by molar-refractivity contribution is 6.17. The van der Waals surface area contributed by atoms with Crippen LogP contribution in [0.1, 0.15) is 36.1 Å². The first-order chi connectivity index (χ1) is 12.5. The zero-order valence-electron chi connectivity index (χ0n) is 14.9. The Balaban J connectivity index is 1.71. The standard InChI is InChI=1S/C23H20O3/c1-21-18(17(24)19-22(2,26-19)20(21)25)23(21)15-9-5-3-7-13(15)11-12-14-8-4-6-10-16(14)23/h3-10,18-19H,11-12H2,1-2H3/t18?,19?,21-,22-/m0/s1. The largest absolute Gasteiger partial charge is 0.350 e. The van der Waals surface area contributed by atoms with Gasteiger partial charge in [0.25, 0.3) is 0 Å². The number of hydrogen-bond acceptors (Lipinski definition) is 3. The van der Waals surface area contributed by atoms with E-state index in [-0.39, 0.29) is 17.5 Å². The lowest BCUT2D eigenvalue weighted by Crippen LogP contribution is -2.40. The second-order valence-corrected chi connectivity index (χ2v) is 8.59. The lowest BCUT2D eigenvalue weighted by molar-refractivity contribution is -0.133. The minimum atomic E-state index is -0.915. The molecule has 130 valence electrons. The fourth-order valence-corrected chi connectivity index (χ4v) is 6.34. The third-order valence-corrected chi connectivity index (χ3v) is 7.57. The number of epoxide rings is 1. The fraction of sp³-hybridized carbons (Fsp3) is 0.391. The average Bonchev–Trinajstić information content (AvgIpc) is 3.52. The molecule has 0 amide bonds. The number of carbonyl (C=O) groups excluding carboxylic acids is 2. The van der Waals surface area contributed by atoms with Crippen LogP contribution in [0.25, 0.3) is 0 Å². The minimum absolute atomic E-state index is 0.103. The molecule has 0 bridgehead atoms. The van der Waals surface area contributed by atoms with Gasteiger partial charge in [0.05, 0.1) is 5.41 Å². The lowest BCUT2D eigenvalue weighted by atomic mass is 9.75. The number of rotatable bonds is 0. The molecule has 26 heavy (non-hydrogen) atoms. The van der Waals surface area contributed by atoms with Crippen LogP contribution >= 0.6 is 0 Å². The molecular weight excluding hydrogens is 324 g/mol. The van der Waals surface area contributed by atoms with Crippen LogP contribution in [0, 0.1) is 11.3 Å². The number of Topliss-reactive ketones (excluding diaryl/α,β-unsaturated/α-hetero) is 2. The van der Waals surface area contributed by atoms with Gasteiger partial charge in [0.15, 0.2) is 23.3 Å². The second-order valence-electron chi connectivity index (χ2n) is 8.59. The van der Waals surface area contributed by atoms with E-state index >= 15 is 0 Å². The molecule has 2 unspecified atom stereocenters. The molecule has 2 aromatic rings. The van der Waals surface area contributed by atoms with Gasteiger partial charge in [-0.15, -0.1) is 0 Å². The van der Waals surface area contributed by atoms with E-state index in [1.807, 2.05) is 19.1 Å². The van der Waals surface area contributed by atoms with Crippen molar-refractivity contribution < 1.29 is 14.3 Å². The zero-order chi connectivity index (χ0) is 17.9. The number of ketones is 2. The summed E-state index contributed by atoms with van der Waals surface area (Å²) in [7, 11) is 0. The normalized spacial score (nSPS) is 37.9. The quantitative estimate of drug-likeness (QED) is 0.690. The minimum Gasteiger partial charge on any atom is -0.350 e. The van der Waals surface area contributed by atoms with Crippen LogP contribution in [-0.4, -0.2) is 23.3 Å². The molecular formula is C23H20O3. The summed E-state index contributed by atoms with van der Waals surface area (Å²) in [5.74, 6) is -0.101. The Morgan fingerprint density at radius 2 is 1.42 bits per heavy atom. The maximum atomic E-state index is 13.5. The van der Waals surface area contributed by atoms with Crippen LogP contribution < -0.4 is 0 Å². The molecule has 2 saturated carbocycles. The Kier molecular flexibility index (Phi) is 2.39. The van der Waals surface area contributed by atoms with Crippen molar-refractivity contribution in [1.82, 2.24) is 0 Å². The molecule has 3 heteroatoms. The Hall–Kier alpha value is -2.26. The van der Waals surface area contributed by atoms with Crippen molar-refractivity contribution in [2.24, 2.45) is 11.3 Å². The van der Waals surface area contributed by atoms with Crippen LogP contribution in [0.3, 0.4) is 0 Å². The highest BCUT2D eigenvalue weighted by Gasteiger charge is 2.90. The second kappa shape index (κ2) is 4.17. The van der Waals surface area contributed by atoms with Crippen molar-refractivity contribution in [3.8, 4) is 0 Å². The lowest BCUT2D eigenvalue weighted by Gasteiger charge is -2.26. The summed E-state index contributed by atoms with van der Waals surface area (Å²) in [4.78, 5) is 26.8. The van der Waals surface area contributed by atoms with Crippen molar-refractivity contribution in [1.29, 1.82) is 0 Å². The van der Waals surface area contributed by atoms with Crippen molar-refractivity contribution in [2.75, 3.05) is 0 Å². The Labute approximate surface area is 152 Å². The summed E-state index contributed by atoms with van der Waals surface area (Å²) in [6, 6.07) is 16.8. The summed E-state index contributed by atoms with van der Waals surface area (Å²) >= 11 is 0. The molecule has 0 aromatic heterocycles. The molecule has 4 atom stereocenters. The third-order valence-electron chi connectivity index (χ3n) is 7.57. The van der Waals surface area contributed by atoms with E-state index in [0.29, 0.717) is 0 Å². The van der Waals surface area contributed by atoms with E-state index in [0.717, 1.165) is 12.8 Å². The molecule has 1 saturated heterocycles. The van der Waals surface area contributed by atoms with Gasteiger partial charge in [-0.1, -0.05) is 55.5 Å². The summed E-state index contributed by atoms with van der Waals surface area (Å²) in [6.45, 7) is 3.79. The maximum absolute atomic E-state index is 13.5. The molecule has 1 aliphatic heterocycles. The smallest absolute Gasteiger partial charge is 0.175 e. The van der Waals surface area contributed by atoms with Gasteiger partial charge in [0.2, 0.25) is 0 Å². The number of aryl methyl sites for hydroxylation is 2. The van der Waals surface area contributed by atoms with Gasteiger partial charge in [-0.05, 0) is 42.0 Å². The first-order valence-electron chi connectivity index (χ1n) is 9.40. The van der Waals surface area contributed by atoms with Gasteiger partial charge in [-0.25, -0.2) is 0 Å². The van der Waals surface area contributed by atoms with E-state index in [2.05, 4.69) is 36.4 Å². The first kappa shape index (κ1) is 14.9. The fourth-order valence-electron chi connectivity index (χ4n) is 6.34. The van der Waals surface area contributed by atoms with E-state index in [9.17, 15) is 9.59 Å². The molecule has 4 aliphatic rings. The topological polar surface area (TPSA) is 46.7 Å². The molecule has 3 nitrogen and oxygen atoms in total. The molecule has 2 aromatic carbocycles. The number of hydrogen-bond donors (Lipinski definition) is 0. The van der Waals surface area contributed by atoms with Gasteiger partial charge >= 0.3 is 0 Å². The Bertz CT molecular complexity index is 974. The maximum Gasteiger partial charge on any atom is 0.175 e. The van der Waals surface area contributed by atoms with Crippen LogP contribution in [0.15, 0.2) is 48.5 Å². The van der Waals surface area contributed by atoms with Crippen LogP contribution in [0.5, 0.6) is 0 Å². The van der Waals surface area contributed by atoms with Crippen molar-refractivity contribution in [3.63, 3.8) is 0 Å². The van der Waals surface area contributed by atoms with Gasteiger partial charge in [-0.3, -0.25) is 9.59 Å². The van der Waals surface area contributed by atoms with Crippen molar-refractivity contribution in [3.05, 3.63) is 70.8 Å². The number of ether oxygens (including phenoxy) is 1. The molecule has 3 aliphatic carbocycles. The monoisotopic (exact) mass is 344 g/mol. The molecule has 0 radical (unpaired) electrons. The van der Waals surface area contributed by atoms with E-state index in [4.69, 9.17) is 4.74 Å². The average molecular weight is 344 g/mol.